The zero-order valence-electron chi connectivity index (χ0n) is 9.67. The van der Waals surface area contributed by atoms with E-state index >= 15 is 0 Å². The van der Waals surface area contributed by atoms with Gasteiger partial charge >= 0.3 is 5.97 Å². The Morgan fingerprint density at radius 3 is 2.67 bits per heavy atom. The van der Waals surface area contributed by atoms with Crippen LogP contribution in [0.2, 0.25) is 0 Å². The van der Waals surface area contributed by atoms with Gasteiger partial charge in [-0.1, -0.05) is 12.8 Å². The molecule has 1 aliphatic carbocycles. The Labute approximate surface area is 92.3 Å². The minimum Gasteiger partial charge on any atom is -0.481 e. The van der Waals surface area contributed by atoms with Crippen LogP contribution in [0.1, 0.15) is 51.9 Å². The van der Waals surface area contributed by atoms with E-state index in [4.69, 9.17) is 5.11 Å². The summed E-state index contributed by atoms with van der Waals surface area (Å²) in [5, 5.41) is 12.0. The second-order valence-corrected chi connectivity index (χ2v) is 4.64. The second-order valence-electron chi connectivity index (χ2n) is 4.64. The first kappa shape index (κ1) is 12.5. The summed E-state index contributed by atoms with van der Waals surface area (Å²) in [5.41, 5.74) is 0. The smallest absolute Gasteiger partial charge is 0.303 e. The SMILES string of the molecule is C[C@H](NCCCCC(=O)O)C1CCCC1. The summed E-state index contributed by atoms with van der Waals surface area (Å²) in [7, 11) is 0. The van der Waals surface area contributed by atoms with Crippen molar-refractivity contribution in [1.29, 1.82) is 0 Å². The zero-order chi connectivity index (χ0) is 11.1. The topological polar surface area (TPSA) is 49.3 Å². The van der Waals surface area contributed by atoms with Crippen molar-refractivity contribution >= 4 is 5.97 Å². The van der Waals surface area contributed by atoms with Gasteiger partial charge in [0.2, 0.25) is 0 Å². The number of rotatable bonds is 7. The molecule has 0 bridgehead atoms. The molecule has 3 heteroatoms. The lowest BCUT2D eigenvalue weighted by Crippen LogP contribution is -2.32. The third-order valence-corrected chi connectivity index (χ3v) is 3.39. The molecule has 0 radical (unpaired) electrons. The van der Waals surface area contributed by atoms with Crippen molar-refractivity contribution in [3.63, 3.8) is 0 Å². The van der Waals surface area contributed by atoms with Crippen LogP contribution in [-0.4, -0.2) is 23.7 Å². The van der Waals surface area contributed by atoms with Gasteiger partial charge in [0, 0.05) is 12.5 Å². The molecule has 0 heterocycles. The van der Waals surface area contributed by atoms with E-state index in [9.17, 15) is 4.79 Å². The van der Waals surface area contributed by atoms with Crippen molar-refractivity contribution < 1.29 is 9.90 Å². The predicted molar refractivity (Wildman–Crippen MR) is 60.9 cm³/mol. The van der Waals surface area contributed by atoms with Gasteiger partial charge < -0.3 is 10.4 Å². The molecule has 0 unspecified atom stereocenters. The van der Waals surface area contributed by atoms with Crippen molar-refractivity contribution in [3.8, 4) is 0 Å². The van der Waals surface area contributed by atoms with Crippen LogP contribution in [0.15, 0.2) is 0 Å². The van der Waals surface area contributed by atoms with Crippen molar-refractivity contribution in [2.24, 2.45) is 5.92 Å². The van der Waals surface area contributed by atoms with E-state index in [2.05, 4.69) is 12.2 Å². The number of hydrogen-bond acceptors (Lipinski definition) is 2. The van der Waals surface area contributed by atoms with Crippen LogP contribution in [-0.2, 0) is 4.79 Å². The van der Waals surface area contributed by atoms with E-state index in [-0.39, 0.29) is 0 Å². The van der Waals surface area contributed by atoms with Crippen LogP contribution in [0, 0.1) is 5.92 Å². The van der Waals surface area contributed by atoms with Gasteiger partial charge in [-0.2, -0.15) is 0 Å². The average molecular weight is 213 g/mol. The maximum absolute atomic E-state index is 10.3. The fourth-order valence-corrected chi connectivity index (χ4v) is 2.36. The maximum Gasteiger partial charge on any atom is 0.303 e. The van der Waals surface area contributed by atoms with E-state index < -0.39 is 5.97 Å². The molecule has 88 valence electrons. The van der Waals surface area contributed by atoms with Gasteiger partial charge in [0.25, 0.3) is 0 Å². The van der Waals surface area contributed by atoms with E-state index in [1.54, 1.807) is 0 Å². The minimum atomic E-state index is -0.682. The molecular weight excluding hydrogens is 190 g/mol. The highest BCUT2D eigenvalue weighted by Crippen LogP contribution is 2.27. The number of carboxylic acid groups (broad SMARTS) is 1. The Hall–Kier alpha value is -0.570. The monoisotopic (exact) mass is 213 g/mol. The molecule has 0 aromatic rings. The predicted octanol–water partition coefficient (Wildman–Crippen LogP) is 2.41. The summed E-state index contributed by atoms with van der Waals surface area (Å²) in [6.45, 7) is 3.22. The van der Waals surface area contributed by atoms with Crippen molar-refractivity contribution in [2.45, 2.75) is 57.9 Å². The first-order valence-corrected chi connectivity index (χ1v) is 6.15. The van der Waals surface area contributed by atoms with Crippen LogP contribution in [0.5, 0.6) is 0 Å². The normalized spacial score (nSPS) is 19.3. The quantitative estimate of drug-likeness (QED) is 0.638. The average Bonchev–Trinajstić information content (AvgIpc) is 2.69. The van der Waals surface area contributed by atoms with E-state index in [1.165, 1.54) is 25.7 Å². The molecule has 1 fully saturated rings. The van der Waals surface area contributed by atoms with Gasteiger partial charge in [0.1, 0.15) is 0 Å². The van der Waals surface area contributed by atoms with Gasteiger partial charge in [-0.3, -0.25) is 4.79 Å². The fourth-order valence-electron chi connectivity index (χ4n) is 2.36. The number of nitrogens with one attached hydrogen (secondary N) is 1. The van der Waals surface area contributed by atoms with Crippen LogP contribution in [0.3, 0.4) is 0 Å². The summed E-state index contributed by atoms with van der Waals surface area (Å²) in [6.07, 6.45) is 7.57. The van der Waals surface area contributed by atoms with Crippen molar-refractivity contribution in [3.05, 3.63) is 0 Å². The summed E-state index contributed by atoms with van der Waals surface area (Å²) in [5.74, 6) is 0.170. The van der Waals surface area contributed by atoms with Gasteiger partial charge in [-0.25, -0.2) is 0 Å². The van der Waals surface area contributed by atoms with Gasteiger partial charge in [0.15, 0.2) is 0 Å². The molecule has 1 aliphatic rings. The molecule has 0 saturated heterocycles. The first-order valence-electron chi connectivity index (χ1n) is 6.15. The van der Waals surface area contributed by atoms with Crippen LogP contribution >= 0.6 is 0 Å². The molecule has 3 nitrogen and oxygen atoms in total. The highest BCUT2D eigenvalue weighted by Gasteiger charge is 2.20. The van der Waals surface area contributed by atoms with Crippen molar-refractivity contribution in [2.75, 3.05) is 6.54 Å². The lowest BCUT2D eigenvalue weighted by molar-refractivity contribution is -0.137. The van der Waals surface area contributed by atoms with Crippen LogP contribution in [0.25, 0.3) is 0 Å². The van der Waals surface area contributed by atoms with Crippen LogP contribution in [0.4, 0.5) is 0 Å². The Kier molecular flexibility index (Phi) is 5.69. The molecule has 0 amide bonds. The highest BCUT2D eigenvalue weighted by molar-refractivity contribution is 5.66. The van der Waals surface area contributed by atoms with Crippen LogP contribution < -0.4 is 5.32 Å². The number of aliphatic carboxylic acids is 1. The zero-order valence-corrected chi connectivity index (χ0v) is 9.67. The minimum absolute atomic E-state index is 0.305. The molecule has 0 spiro atoms. The van der Waals surface area contributed by atoms with E-state index in [0.29, 0.717) is 12.5 Å². The fraction of sp³-hybridized carbons (Fsp3) is 0.917. The Balaban J connectivity index is 1.96. The molecule has 0 aliphatic heterocycles. The lowest BCUT2D eigenvalue weighted by Gasteiger charge is -2.20. The van der Waals surface area contributed by atoms with Gasteiger partial charge in [0.05, 0.1) is 0 Å². The highest BCUT2D eigenvalue weighted by atomic mass is 16.4. The largest absolute Gasteiger partial charge is 0.481 e. The molecular formula is C12H23NO2. The maximum atomic E-state index is 10.3. The Bertz CT molecular complexity index is 188. The summed E-state index contributed by atoms with van der Waals surface area (Å²) >= 11 is 0. The second kappa shape index (κ2) is 6.83. The molecule has 0 aromatic heterocycles. The standard InChI is InChI=1S/C12H23NO2/c1-10(11-6-2-3-7-11)13-9-5-4-8-12(14)15/h10-11,13H,2-9H2,1H3,(H,14,15)/t10-/m0/s1. The lowest BCUT2D eigenvalue weighted by atomic mass is 10.00. The third-order valence-electron chi connectivity index (χ3n) is 3.39. The number of unbranched alkanes of at least 4 members (excludes halogenated alkanes) is 1. The number of carbonyl (C=O) groups is 1. The molecule has 0 aromatic carbocycles. The molecule has 1 saturated carbocycles. The Morgan fingerprint density at radius 1 is 1.40 bits per heavy atom. The molecule has 1 atom stereocenters. The number of carboxylic acids is 1. The molecule has 1 rings (SSSR count). The molecule has 2 N–H and O–H groups in total. The summed E-state index contributed by atoms with van der Waals surface area (Å²) in [6, 6.07) is 0.609. The van der Waals surface area contributed by atoms with Crippen molar-refractivity contribution in [1.82, 2.24) is 5.32 Å². The first-order chi connectivity index (χ1) is 7.20. The van der Waals surface area contributed by atoms with E-state index in [1.807, 2.05) is 0 Å². The number of hydrogen-bond donors (Lipinski definition) is 2. The van der Waals surface area contributed by atoms with E-state index in [0.717, 1.165) is 25.3 Å². The van der Waals surface area contributed by atoms with Gasteiger partial charge in [-0.05, 0) is 45.1 Å². The summed E-state index contributed by atoms with van der Waals surface area (Å²) in [4.78, 5) is 10.3. The summed E-state index contributed by atoms with van der Waals surface area (Å²) < 4.78 is 0. The third kappa shape index (κ3) is 5.17. The Morgan fingerprint density at radius 2 is 2.07 bits per heavy atom. The molecule has 15 heavy (non-hydrogen) atoms. The van der Waals surface area contributed by atoms with Gasteiger partial charge in [-0.15, -0.1) is 0 Å².